The molecule has 1 N–H and O–H groups in total. The quantitative estimate of drug-likeness (QED) is 0.591. The Balaban J connectivity index is 1.33. The Morgan fingerprint density at radius 2 is 2.00 bits per heavy atom. The monoisotopic (exact) mass is 494 g/mol. The molecule has 3 saturated carbocycles. The lowest BCUT2D eigenvalue weighted by Gasteiger charge is -2.59. The predicted octanol–water partition coefficient (Wildman–Crippen LogP) is 5.71. The molecule has 4 aliphatic carbocycles. The lowest BCUT2D eigenvalue weighted by atomic mass is 9.46. The number of aliphatic hydroxyl groups excluding tert-OH is 1. The van der Waals surface area contributed by atoms with Crippen molar-refractivity contribution in [3.05, 3.63) is 53.1 Å². The third-order valence-corrected chi connectivity index (χ3v) is 10.7. The van der Waals surface area contributed by atoms with Crippen LogP contribution in [0.2, 0.25) is 0 Å². The number of rotatable bonds is 4. The van der Waals surface area contributed by atoms with Crippen LogP contribution in [0.4, 0.5) is 4.39 Å². The number of carbonyl (C=O) groups excluding carboxylic acids is 1. The largest absolute Gasteiger partial charge is 0.393 e. The fourth-order valence-corrected chi connectivity index (χ4v) is 9.23. The minimum Gasteiger partial charge on any atom is -0.393 e. The number of hydrogen-bond acceptors (Lipinski definition) is 4. The summed E-state index contributed by atoms with van der Waals surface area (Å²) in [5.41, 5.74) is 4.36. The number of allylic oxidation sites excluding steroid dienone is 1. The van der Waals surface area contributed by atoms with Crippen molar-refractivity contribution < 1.29 is 14.3 Å². The van der Waals surface area contributed by atoms with E-state index in [9.17, 15) is 14.3 Å². The van der Waals surface area contributed by atoms with Gasteiger partial charge in [-0.1, -0.05) is 19.4 Å². The van der Waals surface area contributed by atoms with Gasteiger partial charge in [0, 0.05) is 5.92 Å². The van der Waals surface area contributed by atoms with Crippen molar-refractivity contribution >= 4 is 23.6 Å². The molecule has 6 rings (SSSR count). The molecule has 1 heterocycles. The third-order valence-electron chi connectivity index (χ3n) is 10.2. The average molecular weight is 495 g/mol. The summed E-state index contributed by atoms with van der Waals surface area (Å²) in [6.45, 7) is 4.65. The zero-order chi connectivity index (χ0) is 24.5. The number of halogens is 1. The second-order valence-corrected chi connectivity index (χ2v) is 12.7. The van der Waals surface area contributed by atoms with E-state index in [4.69, 9.17) is 0 Å². The summed E-state index contributed by atoms with van der Waals surface area (Å²) in [5, 5.41) is 16.4. The topological polar surface area (TPSA) is 55.1 Å². The van der Waals surface area contributed by atoms with Crippen LogP contribution in [0.5, 0.6) is 0 Å². The van der Waals surface area contributed by atoms with Crippen molar-refractivity contribution in [2.45, 2.75) is 58.5 Å². The molecule has 1 aromatic heterocycles. The van der Waals surface area contributed by atoms with Crippen LogP contribution in [-0.2, 0) is 11.2 Å². The molecule has 35 heavy (non-hydrogen) atoms. The van der Waals surface area contributed by atoms with Crippen molar-refractivity contribution in [2.75, 3.05) is 12.0 Å². The number of aromatic nitrogens is 2. The van der Waals surface area contributed by atoms with E-state index < -0.39 is 6.10 Å². The Morgan fingerprint density at radius 3 is 2.74 bits per heavy atom. The summed E-state index contributed by atoms with van der Waals surface area (Å²) < 4.78 is 15.4. The lowest BCUT2D eigenvalue weighted by Crippen LogP contribution is -2.57. The Hall–Kier alpha value is -1.92. The highest BCUT2D eigenvalue weighted by Gasteiger charge is 2.62. The van der Waals surface area contributed by atoms with Gasteiger partial charge in [-0.2, -0.15) is 16.9 Å². The SMILES string of the molecule is CSCC(=O)C1CCC2C3CCC4=Cc5c(cnn5-c5ccc(F)cc5)CC4(C)C3C(O)CC12C. The summed E-state index contributed by atoms with van der Waals surface area (Å²) >= 11 is 1.62. The lowest BCUT2D eigenvalue weighted by molar-refractivity contribution is -0.140. The van der Waals surface area contributed by atoms with Gasteiger partial charge in [0.25, 0.3) is 0 Å². The fraction of sp³-hybridized carbons (Fsp3) is 0.586. The molecule has 0 aliphatic heterocycles. The van der Waals surface area contributed by atoms with Crippen molar-refractivity contribution in [1.82, 2.24) is 9.78 Å². The number of nitrogens with zero attached hydrogens (tertiary/aromatic N) is 2. The number of benzene rings is 1. The predicted molar refractivity (Wildman–Crippen MR) is 138 cm³/mol. The van der Waals surface area contributed by atoms with Crippen LogP contribution in [0.3, 0.4) is 0 Å². The molecule has 7 atom stereocenters. The molecule has 0 saturated heterocycles. The second kappa shape index (κ2) is 8.31. The number of aliphatic hydroxyl groups is 1. The Bertz CT molecular complexity index is 1190. The summed E-state index contributed by atoms with van der Waals surface area (Å²) in [5.74, 6) is 1.97. The first-order chi connectivity index (χ1) is 16.8. The van der Waals surface area contributed by atoms with Crippen LogP contribution in [0.25, 0.3) is 11.8 Å². The molecule has 2 aromatic rings. The number of ketones is 1. The maximum Gasteiger partial charge on any atom is 0.146 e. The Kier molecular flexibility index (Phi) is 5.57. The van der Waals surface area contributed by atoms with Crippen LogP contribution >= 0.6 is 11.8 Å². The van der Waals surface area contributed by atoms with Crippen LogP contribution in [0, 0.1) is 40.3 Å². The summed E-state index contributed by atoms with van der Waals surface area (Å²) in [6.07, 6.45) is 11.6. The third kappa shape index (κ3) is 3.42. The molecule has 186 valence electrons. The van der Waals surface area contributed by atoms with E-state index in [-0.39, 0.29) is 28.5 Å². The normalized spacial score (nSPS) is 37.6. The van der Waals surface area contributed by atoms with Gasteiger partial charge in [0.1, 0.15) is 11.6 Å². The van der Waals surface area contributed by atoms with E-state index in [0.29, 0.717) is 23.4 Å². The zero-order valence-corrected chi connectivity index (χ0v) is 21.7. The van der Waals surface area contributed by atoms with E-state index >= 15 is 0 Å². The number of hydrogen-bond donors (Lipinski definition) is 1. The molecular weight excluding hydrogens is 459 g/mol. The van der Waals surface area contributed by atoms with E-state index in [1.54, 1.807) is 23.9 Å². The van der Waals surface area contributed by atoms with Crippen LogP contribution in [0.1, 0.15) is 57.2 Å². The number of fused-ring (bicyclic) bond motifs is 6. The number of carbonyl (C=O) groups is 1. The molecule has 4 nitrogen and oxygen atoms in total. The molecule has 0 bridgehead atoms. The van der Waals surface area contributed by atoms with Gasteiger partial charge in [0.15, 0.2) is 0 Å². The minimum atomic E-state index is -0.397. The first-order valence-corrected chi connectivity index (χ1v) is 14.4. The van der Waals surface area contributed by atoms with Gasteiger partial charge < -0.3 is 5.11 Å². The van der Waals surface area contributed by atoms with Gasteiger partial charge in [0.05, 0.1) is 29.4 Å². The highest BCUT2D eigenvalue weighted by Crippen LogP contribution is 2.66. The molecule has 1 aromatic carbocycles. The van der Waals surface area contributed by atoms with Gasteiger partial charge in [0.2, 0.25) is 0 Å². The molecule has 4 aliphatic rings. The van der Waals surface area contributed by atoms with Crippen molar-refractivity contribution in [3.8, 4) is 5.69 Å². The standard InChI is InChI=1S/C29H35FN2O2S/c1-28-13-17-15-31-32(20-7-5-19(30)6-8-20)24(17)12-18(28)4-9-21-22-10-11-23(26(34)16-35-3)29(22,2)14-25(33)27(21)28/h5-8,12,15,21-23,25,27,33H,4,9-11,13-14,16H2,1-3H3. The highest BCUT2D eigenvalue weighted by atomic mass is 32.2. The van der Waals surface area contributed by atoms with Crippen molar-refractivity contribution in [2.24, 2.45) is 34.5 Å². The highest BCUT2D eigenvalue weighted by molar-refractivity contribution is 7.99. The van der Waals surface area contributed by atoms with Gasteiger partial charge in [-0.15, -0.1) is 0 Å². The molecule has 3 fully saturated rings. The van der Waals surface area contributed by atoms with E-state index in [1.165, 1.54) is 23.3 Å². The average Bonchev–Trinajstić information content (AvgIpc) is 3.37. The van der Waals surface area contributed by atoms with Crippen molar-refractivity contribution in [3.63, 3.8) is 0 Å². The maximum absolute atomic E-state index is 13.5. The second-order valence-electron chi connectivity index (χ2n) is 11.8. The first kappa shape index (κ1) is 23.5. The molecule has 0 radical (unpaired) electrons. The van der Waals surface area contributed by atoms with Crippen LogP contribution in [0.15, 0.2) is 36.0 Å². The summed E-state index contributed by atoms with van der Waals surface area (Å²) in [6, 6.07) is 6.49. The Labute approximate surface area is 211 Å². The smallest absolute Gasteiger partial charge is 0.146 e. The maximum atomic E-state index is 13.5. The van der Waals surface area contributed by atoms with Crippen LogP contribution < -0.4 is 0 Å². The fourth-order valence-electron chi connectivity index (χ4n) is 8.74. The number of thioether (sulfide) groups is 1. The molecule has 0 amide bonds. The molecule has 6 heteroatoms. The Morgan fingerprint density at radius 1 is 1.23 bits per heavy atom. The van der Waals surface area contributed by atoms with Gasteiger partial charge in [-0.25, -0.2) is 9.07 Å². The number of Topliss-reactive ketones (excluding diaryl/α,β-unsaturated/α-hetero) is 1. The minimum absolute atomic E-state index is 0.0851. The van der Waals surface area contributed by atoms with E-state index in [2.05, 4.69) is 25.0 Å². The van der Waals surface area contributed by atoms with Gasteiger partial charge >= 0.3 is 0 Å². The van der Waals surface area contributed by atoms with E-state index in [1.807, 2.05) is 17.1 Å². The molecule has 7 unspecified atom stereocenters. The zero-order valence-electron chi connectivity index (χ0n) is 20.8. The summed E-state index contributed by atoms with van der Waals surface area (Å²) in [7, 11) is 0. The van der Waals surface area contributed by atoms with Gasteiger partial charge in [-0.3, -0.25) is 4.79 Å². The molecular formula is C29H35FN2O2S. The van der Waals surface area contributed by atoms with Gasteiger partial charge in [-0.05, 0) is 109 Å². The van der Waals surface area contributed by atoms with Crippen LogP contribution in [-0.4, -0.2) is 38.8 Å². The molecule has 0 spiro atoms. The first-order valence-electron chi connectivity index (χ1n) is 13.0. The van der Waals surface area contributed by atoms with E-state index in [0.717, 1.165) is 49.9 Å². The van der Waals surface area contributed by atoms with Crippen molar-refractivity contribution in [1.29, 1.82) is 0 Å². The summed E-state index contributed by atoms with van der Waals surface area (Å²) in [4.78, 5) is 13.0.